The van der Waals surface area contributed by atoms with Crippen LogP contribution in [-0.4, -0.2) is 24.3 Å². The van der Waals surface area contributed by atoms with Gasteiger partial charge in [-0.15, -0.1) is 0 Å². The van der Waals surface area contributed by atoms with Crippen LogP contribution in [0.4, 0.5) is 4.39 Å². The molecule has 1 aromatic heterocycles. The Balaban J connectivity index is 1.81. The number of hydrogen-bond donors (Lipinski definition) is 0. The normalized spacial score (nSPS) is 15.1. The van der Waals surface area contributed by atoms with Gasteiger partial charge in [-0.1, -0.05) is 53.8 Å². The zero-order valence-electron chi connectivity index (χ0n) is 20.8. The fourth-order valence-corrected chi connectivity index (χ4v) is 6.96. The SMILES string of the molecule is CCOC(=O)C1=C(c2ccccc2)N=c2s/c(=C\c3cc(Br)c(OC)c(Br)c3)c(=O)n2[C@H]1c1ccc(F)cc1. The molecular weight excluding hydrogens is 651 g/mol. The van der Waals surface area contributed by atoms with Gasteiger partial charge >= 0.3 is 5.97 Å². The van der Waals surface area contributed by atoms with E-state index in [1.54, 1.807) is 32.2 Å². The third-order valence-corrected chi connectivity index (χ3v) is 8.24. The first-order valence-corrected chi connectivity index (χ1v) is 14.3. The van der Waals surface area contributed by atoms with Crippen LogP contribution < -0.4 is 19.6 Å². The second kappa shape index (κ2) is 11.4. The monoisotopic (exact) mass is 670 g/mol. The van der Waals surface area contributed by atoms with E-state index in [9.17, 15) is 14.0 Å². The van der Waals surface area contributed by atoms with Gasteiger partial charge < -0.3 is 9.47 Å². The summed E-state index contributed by atoms with van der Waals surface area (Å²) < 4.78 is 28.1. The fraction of sp³-hybridized carbons (Fsp3) is 0.138. The quantitative estimate of drug-likeness (QED) is 0.250. The summed E-state index contributed by atoms with van der Waals surface area (Å²) in [5.41, 5.74) is 2.31. The van der Waals surface area contributed by atoms with Crippen LogP contribution >= 0.6 is 43.2 Å². The Labute approximate surface area is 244 Å². The Morgan fingerprint density at radius 3 is 2.38 bits per heavy atom. The summed E-state index contributed by atoms with van der Waals surface area (Å²) in [5.74, 6) is -0.380. The molecule has 0 amide bonds. The van der Waals surface area contributed by atoms with Crippen LogP contribution in [0.5, 0.6) is 5.75 Å². The maximum Gasteiger partial charge on any atom is 0.338 e. The van der Waals surface area contributed by atoms with Crippen LogP contribution in [0.2, 0.25) is 0 Å². The molecule has 0 bridgehead atoms. The van der Waals surface area contributed by atoms with Gasteiger partial charge in [0.1, 0.15) is 11.6 Å². The summed E-state index contributed by atoms with van der Waals surface area (Å²) in [6, 6.07) is 17.8. The van der Waals surface area contributed by atoms with E-state index in [4.69, 9.17) is 14.5 Å². The number of rotatable bonds is 6. The predicted octanol–water partition coefficient (Wildman–Crippen LogP) is 5.61. The van der Waals surface area contributed by atoms with Crippen LogP contribution in [-0.2, 0) is 9.53 Å². The number of benzene rings is 3. The average Bonchev–Trinajstić information content (AvgIpc) is 3.23. The van der Waals surface area contributed by atoms with Gasteiger partial charge in [0.25, 0.3) is 5.56 Å². The molecular formula is C29H21Br2FN2O4S. The van der Waals surface area contributed by atoms with Crippen molar-refractivity contribution in [2.45, 2.75) is 13.0 Å². The summed E-state index contributed by atoms with van der Waals surface area (Å²) in [4.78, 5) is 32.6. The molecule has 0 spiro atoms. The average molecular weight is 672 g/mol. The molecule has 1 aliphatic rings. The molecule has 0 aliphatic carbocycles. The molecule has 0 fully saturated rings. The number of hydrogen-bond acceptors (Lipinski definition) is 6. The number of halogens is 3. The minimum absolute atomic E-state index is 0.145. The van der Waals surface area contributed by atoms with Crippen molar-refractivity contribution in [1.29, 1.82) is 0 Å². The van der Waals surface area contributed by atoms with Crippen LogP contribution in [0.15, 0.2) is 91.0 Å². The molecule has 0 saturated heterocycles. The first-order valence-electron chi connectivity index (χ1n) is 11.9. The maximum absolute atomic E-state index is 13.9. The Bertz CT molecular complexity index is 1760. The topological polar surface area (TPSA) is 69.9 Å². The number of ether oxygens (including phenoxy) is 2. The van der Waals surface area contributed by atoms with Crippen molar-refractivity contribution in [3.05, 3.63) is 123 Å². The Hall–Kier alpha value is -3.34. The lowest BCUT2D eigenvalue weighted by atomic mass is 9.93. The van der Waals surface area contributed by atoms with Crippen LogP contribution in [0, 0.1) is 5.82 Å². The first kappa shape index (κ1) is 27.2. The summed E-state index contributed by atoms with van der Waals surface area (Å²) in [5, 5.41) is 0. The van der Waals surface area contributed by atoms with Gasteiger partial charge in [0.05, 0.1) is 44.5 Å². The molecule has 1 aliphatic heterocycles. The second-order valence-corrected chi connectivity index (χ2v) is 11.2. The van der Waals surface area contributed by atoms with Gasteiger partial charge in [-0.05, 0) is 80.3 Å². The highest BCUT2D eigenvalue weighted by molar-refractivity contribution is 9.11. The van der Waals surface area contributed by atoms with Crippen molar-refractivity contribution in [2.24, 2.45) is 4.99 Å². The van der Waals surface area contributed by atoms with Gasteiger partial charge in [-0.3, -0.25) is 9.36 Å². The van der Waals surface area contributed by atoms with E-state index in [1.165, 1.54) is 28.0 Å². The van der Waals surface area contributed by atoms with Crippen LogP contribution in [0.3, 0.4) is 0 Å². The lowest BCUT2D eigenvalue weighted by Gasteiger charge is -2.25. The van der Waals surface area contributed by atoms with Gasteiger partial charge in [0.15, 0.2) is 4.80 Å². The van der Waals surface area contributed by atoms with Crippen molar-refractivity contribution >= 4 is 60.9 Å². The number of esters is 1. The highest BCUT2D eigenvalue weighted by Crippen LogP contribution is 2.36. The van der Waals surface area contributed by atoms with Gasteiger partial charge in [-0.25, -0.2) is 14.2 Å². The lowest BCUT2D eigenvalue weighted by molar-refractivity contribution is -0.138. The predicted molar refractivity (Wildman–Crippen MR) is 156 cm³/mol. The van der Waals surface area contributed by atoms with E-state index in [2.05, 4.69) is 31.9 Å². The molecule has 0 radical (unpaired) electrons. The van der Waals surface area contributed by atoms with Gasteiger partial charge in [0.2, 0.25) is 0 Å². The van der Waals surface area contributed by atoms with Gasteiger partial charge in [-0.2, -0.15) is 0 Å². The second-order valence-electron chi connectivity index (χ2n) is 8.50. The zero-order valence-corrected chi connectivity index (χ0v) is 24.8. The molecule has 0 N–H and O–H groups in total. The van der Waals surface area contributed by atoms with E-state index >= 15 is 0 Å². The maximum atomic E-state index is 13.9. The van der Waals surface area contributed by atoms with E-state index in [0.717, 1.165) is 14.5 Å². The molecule has 3 aromatic carbocycles. The number of nitrogens with zero attached hydrogens (tertiary/aromatic N) is 2. The fourth-order valence-electron chi connectivity index (χ4n) is 4.41. The van der Waals surface area contributed by atoms with E-state index in [0.29, 0.717) is 31.9 Å². The first-order chi connectivity index (χ1) is 18.8. The highest BCUT2D eigenvalue weighted by Gasteiger charge is 2.35. The van der Waals surface area contributed by atoms with Crippen molar-refractivity contribution in [1.82, 2.24) is 4.57 Å². The Morgan fingerprint density at radius 1 is 1.10 bits per heavy atom. The molecule has 198 valence electrons. The van der Waals surface area contributed by atoms with Crippen molar-refractivity contribution in [3.8, 4) is 5.75 Å². The van der Waals surface area contributed by atoms with Crippen molar-refractivity contribution < 1.29 is 18.7 Å². The summed E-state index contributed by atoms with van der Waals surface area (Å²) >= 11 is 8.22. The number of fused-ring (bicyclic) bond motifs is 1. The van der Waals surface area contributed by atoms with Crippen molar-refractivity contribution in [3.63, 3.8) is 0 Å². The van der Waals surface area contributed by atoms with Gasteiger partial charge in [0, 0.05) is 5.56 Å². The summed E-state index contributed by atoms with van der Waals surface area (Å²) in [6.45, 7) is 1.86. The number of methoxy groups -OCH3 is 1. The molecule has 4 aromatic rings. The molecule has 5 rings (SSSR count). The molecule has 0 saturated carbocycles. The Kier molecular flexibility index (Phi) is 7.97. The lowest BCUT2D eigenvalue weighted by Crippen LogP contribution is -2.40. The molecule has 6 nitrogen and oxygen atoms in total. The molecule has 10 heteroatoms. The molecule has 0 unspecified atom stereocenters. The van der Waals surface area contributed by atoms with Crippen LogP contribution in [0.25, 0.3) is 11.8 Å². The number of aromatic nitrogens is 1. The third kappa shape index (κ3) is 5.28. The molecule has 39 heavy (non-hydrogen) atoms. The highest BCUT2D eigenvalue weighted by atomic mass is 79.9. The van der Waals surface area contributed by atoms with E-state index in [1.807, 2.05) is 42.5 Å². The van der Waals surface area contributed by atoms with E-state index in [-0.39, 0.29) is 17.7 Å². The standard InChI is InChI=1S/C29H21Br2FN2O4S/c1-3-38-28(36)23-24(17-7-5-4-6-8-17)33-29-34(25(23)18-9-11-19(32)12-10-18)27(35)22(39-29)15-16-13-20(30)26(37-2)21(31)14-16/h4-15,25H,3H2,1-2H3/b22-15-/t25-/m0/s1. The molecule has 1 atom stereocenters. The summed E-state index contributed by atoms with van der Waals surface area (Å²) in [6.07, 6.45) is 1.76. The van der Waals surface area contributed by atoms with Crippen molar-refractivity contribution in [2.75, 3.05) is 13.7 Å². The Morgan fingerprint density at radius 2 is 1.77 bits per heavy atom. The molecule has 2 heterocycles. The summed E-state index contributed by atoms with van der Waals surface area (Å²) in [7, 11) is 1.57. The zero-order chi connectivity index (χ0) is 27.7. The number of carbonyl (C=O) groups is 1. The van der Waals surface area contributed by atoms with E-state index < -0.39 is 17.8 Å². The van der Waals surface area contributed by atoms with Crippen LogP contribution in [0.1, 0.15) is 29.7 Å². The minimum Gasteiger partial charge on any atom is -0.494 e. The minimum atomic E-state index is -0.868. The number of carbonyl (C=O) groups excluding carboxylic acids is 1. The number of thiazole rings is 1. The largest absolute Gasteiger partial charge is 0.494 e. The third-order valence-electron chi connectivity index (χ3n) is 6.08. The smallest absolute Gasteiger partial charge is 0.338 e.